The van der Waals surface area contributed by atoms with Crippen LogP contribution in [0.3, 0.4) is 0 Å². The second kappa shape index (κ2) is 9.65. The van der Waals surface area contributed by atoms with E-state index in [0.717, 1.165) is 0 Å². The third kappa shape index (κ3) is 5.83. The Labute approximate surface area is 147 Å². The molecule has 0 saturated carbocycles. The van der Waals surface area contributed by atoms with Gasteiger partial charge in [0.1, 0.15) is 12.2 Å². The molecule has 0 bridgehead atoms. The summed E-state index contributed by atoms with van der Waals surface area (Å²) < 4.78 is 9.37. The fourth-order valence-electron chi connectivity index (χ4n) is 1.30. The van der Waals surface area contributed by atoms with Gasteiger partial charge in [0, 0.05) is 6.42 Å². The van der Waals surface area contributed by atoms with Crippen molar-refractivity contribution in [3.05, 3.63) is 0 Å². The molecule has 0 aromatic heterocycles. The van der Waals surface area contributed by atoms with Crippen LogP contribution in [0.5, 0.6) is 0 Å². The number of aliphatic carboxylic acids is 2. The van der Waals surface area contributed by atoms with Crippen molar-refractivity contribution in [1.82, 2.24) is 0 Å². The number of rotatable bonds is 5. The van der Waals surface area contributed by atoms with Crippen molar-refractivity contribution in [2.45, 2.75) is 31.0 Å². The first-order chi connectivity index (χ1) is 7.45. The molecule has 8 nitrogen and oxygen atoms in total. The fourth-order valence-corrected chi connectivity index (χ4v) is 1.30. The van der Waals surface area contributed by atoms with E-state index in [1.807, 2.05) is 0 Å². The number of ether oxygens (including phenoxy) is 2. The monoisotopic (exact) mass is 280 g/mol. The van der Waals surface area contributed by atoms with E-state index in [4.69, 9.17) is 9.84 Å². The van der Waals surface area contributed by atoms with Crippen LogP contribution in [0.1, 0.15) is 6.42 Å². The largest absolute Gasteiger partial charge is 1.00 e. The molecular weight excluding hydrogens is 270 g/mol. The van der Waals surface area contributed by atoms with Gasteiger partial charge in [-0.1, -0.05) is 0 Å². The average Bonchev–Trinajstić information content (AvgIpc) is 2.54. The predicted octanol–water partition coefficient (Wildman–Crippen LogP) is -10.7. The maximum absolute atomic E-state index is 10.3. The molecule has 1 aliphatic heterocycles. The maximum atomic E-state index is 10.3. The van der Waals surface area contributed by atoms with Crippen LogP contribution in [-0.2, 0) is 19.1 Å². The Morgan fingerprint density at radius 2 is 1.83 bits per heavy atom. The Kier molecular flexibility index (Phi) is 11.3. The van der Waals surface area contributed by atoms with E-state index in [-0.39, 0.29) is 65.5 Å². The molecule has 0 aromatic carbocycles. The predicted molar refractivity (Wildman–Crippen MR) is 41.3 cm³/mol. The van der Waals surface area contributed by atoms with Crippen LogP contribution in [0.25, 0.3) is 0 Å². The van der Waals surface area contributed by atoms with Crippen molar-refractivity contribution < 1.29 is 98.6 Å². The Morgan fingerprint density at radius 1 is 1.33 bits per heavy atom. The topological polar surface area (TPSA) is 139 Å². The van der Waals surface area contributed by atoms with Crippen LogP contribution in [0, 0.1) is 0 Å². The molecule has 0 radical (unpaired) electrons. The van der Waals surface area contributed by atoms with Crippen LogP contribution in [0.2, 0.25) is 0 Å². The summed E-state index contributed by atoms with van der Waals surface area (Å²) in [4.78, 5) is 20.7. The zero-order valence-corrected chi connectivity index (χ0v) is 14.1. The Balaban J connectivity index is 0. The molecule has 1 rings (SSSR count). The van der Waals surface area contributed by atoms with Gasteiger partial charge < -0.3 is 39.5 Å². The van der Waals surface area contributed by atoms with Gasteiger partial charge in [-0.3, -0.25) is 0 Å². The van der Waals surface area contributed by atoms with Crippen molar-refractivity contribution >= 4 is 11.9 Å². The van der Waals surface area contributed by atoms with Gasteiger partial charge in [-0.25, -0.2) is 0 Å². The SMILES string of the molecule is O=C([O-])C(O[C@@H]1C[C@H](O)[C@@H](CO)O1)C(=O)[O-].[Na+].[Na+]. The normalized spacial score (nSPS) is 26.3. The Bertz CT molecular complexity index is 272. The standard InChI is InChI=1S/C8H12O8.2Na/c9-2-4-3(10)1-5(15-4)16-6(7(11)12)8(13)14;;/h3-6,9-10H,1-2H2,(H,11,12)(H,13,14);;/q;2*+1/p-2/t3-,4+,5+;;/m0../s1. The van der Waals surface area contributed by atoms with Gasteiger partial charge >= 0.3 is 59.1 Å². The van der Waals surface area contributed by atoms with Crippen LogP contribution in [-0.4, -0.2) is 53.4 Å². The number of aliphatic hydroxyl groups excluding tert-OH is 2. The molecule has 0 spiro atoms. The first kappa shape index (κ1) is 21.1. The third-order valence-corrected chi connectivity index (χ3v) is 2.09. The van der Waals surface area contributed by atoms with Gasteiger partial charge in [0.25, 0.3) is 0 Å². The zero-order chi connectivity index (χ0) is 12.3. The zero-order valence-electron chi connectivity index (χ0n) is 10.1. The van der Waals surface area contributed by atoms with Crippen molar-refractivity contribution in [1.29, 1.82) is 0 Å². The van der Waals surface area contributed by atoms with E-state index in [0.29, 0.717) is 0 Å². The first-order valence-corrected chi connectivity index (χ1v) is 4.47. The minimum absolute atomic E-state index is 0. The number of carboxylic acids is 2. The number of carboxylic acid groups (broad SMARTS) is 2. The number of carbonyl (C=O) groups is 2. The van der Waals surface area contributed by atoms with Gasteiger partial charge in [-0.05, 0) is 0 Å². The first-order valence-electron chi connectivity index (χ1n) is 4.47. The Hall–Kier alpha value is 0.780. The smallest absolute Gasteiger partial charge is 0.547 e. The molecule has 0 aliphatic carbocycles. The summed E-state index contributed by atoms with van der Waals surface area (Å²) in [6, 6.07) is 0. The molecule has 2 N–H and O–H groups in total. The molecule has 0 aromatic rings. The van der Waals surface area contributed by atoms with Crippen LogP contribution < -0.4 is 69.3 Å². The van der Waals surface area contributed by atoms with E-state index < -0.39 is 43.1 Å². The van der Waals surface area contributed by atoms with Gasteiger partial charge in [0.05, 0.1) is 24.6 Å². The summed E-state index contributed by atoms with van der Waals surface area (Å²) in [6.45, 7) is -0.484. The van der Waals surface area contributed by atoms with E-state index in [2.05, 4.69) is 4.74 Å². The van der Waals surface area contributed by atoms with Crippen molar-refractivity contribution in [3.8, 4) is 0 Å². The van der Waals surface area contributed by atoms with Gasteiger partial charge in [0.2, 0.25) is 0 Å². The van der Waals surface area contributed by atoms with E-state index in [1.165, 1.54) is 0 Å². The van der Waals surface area contributed by atoms with E-state index in [9.17, 15) is 24.9 Å². The molecule has 0 amide bonds. The minimum atomic E-state index is -2.27. The van der Waals surface area contributed by atoms with Crippen LogP contribution in [0.15, 0.2) is 0 Å². The molecule has 1 aliphatic rings. The van der Waals surface area contributed by atoms with Crippen molar-refractivity contribution in [3.63, 3.8) is 0 Å². The molecule has 3 atom stereocenters. The second-order valence-electron chi connectivity index (χ2n) is 3.24. The molecule has 0 unspecified atom stereocenters. The van der Waals surface area contributed by atoms with Crippen molar-refractivity contribution in [2.24, 2.45) is 0 Å². The molecular formula is C8H10Na2O8. The molecule has 18 heavy (non-hydrogen) atoms. The Morgan fingerprint density at radius 3 is 2.17 bits per heavy atom. The van der Waals surface area contributed by atoms with Gasteiger partial charge in [-0.15, -0.1) is 0 Å². The minimum Gasteiger partial charge on any atom is -0.547 e. The second-order valence-corrected chi connectivity index (χ2v) is 3.24. The molecule has 10 heteroatoms. The summed E-state index contributed by atoms with van der Waals surface area (Å²) in [7, 11) is 0. The van der Waals surface area contributed by atoms with Crippen LogP contribution in [0.4, 0.5) is 0 Å². The third-order valence-electron chi connectivity index (χ3n) is 2.09. The molecule has 1 heterocycles. The van der Waals surface area contributed by atoms with E-state index in [1.54, 1.807) is 0 Å². The molecule has 1 fully saturated rings. The number of hydrogen-bond donors (Lipinski definition) is 2. The number of carbonyl (C=O) groups excluding carboxylic acids is 2. The fraction of sp³-hybridized carbons (Fsp3) is 0.750. The van der Waals surface area contributed by atoms with Crippen LogP contribution >= 0.6 is 0 Å². The van der Waals surface area contributed by atoms with Gasteiger partial charge in [-0.2, -0.15) is 0 Å². The van der Waals surface area contributed by atoms with Gasteiger partial charge in [0.15, 0.2) is 6.29 Å². The van der Waals surface area contributed by atoms with E-state index >= 15 is 0 Å². The molecule has 92 valence electrons. The quantitative estimate of drug-likeness (QED) is 0.374. The number of hydrogen-bond acceptors (Lipinski definition) is 8. The summed E-state index contributed by atoms with van der Waals surface area (Å²) >= 11 is 0. The summed E-state index contributed by atoms with van der Waals surface area (Å²) in [6.07, 6.45) is -5.60. The summed E-state index contributed by atoms with van der Waals surface area (Å²) in [5.41, 5.74) is 0. The summed E-state index contributed by atoms with van der Waals surface area (Å²) in [5.74, 6) is -3.93. The maximum Gasteiger partial charge on any atom is 1.00 e. The molecule has 1 saturated heterocycles. The average molecular weight is 280 g/mol. The summed E-state index contributed by atoms with van der Waals surface area (Å²) in [5, 5.41) is 38.6. The van der Waals surface area contributed by atoms with Crippen molar-refractivity contribution in [2.75, 3.05) is 6.61 Å². The number of aliphatic hydroxyl groups is 2.